The zero-order chi connectivity index (χ0) is 18.8. The van der Waals surface area contributed by atoms with Crippen LogP contribution in [-0.2, 0) is 16.0 Å². The van der Waals surface area contributed by atoms with Crippen molar-refractivity contribution in [3.05, 3.63) is 35.0 Å². The average Bonchev–Trinajstić information content (AvgIpc) is 3.24. The number of hydrogen-bond donors (Lipinski definition) is 2. The van der Waals surface area contributed by atoms with Crippen molar-refractivity contribution in [3.63, 3.8) is 0 Å². The molecule has 0 radical (unpaired) electrons. The predicted molar refractivity (Wildman–Crippen MR) is 107 cm³/mol. The van der Waals surface area contributed by atoms with Crippen LogP contribution in [0.4, 0.5) is 0 Å². The highest BCUT2D eigenvalue weighted by Gasteiger charge is 2.34. The Morgan fingerprint density at radius 3 is 2.89 bits per heavy atom. The Hall–Kier alpha value is -2.01. The van der Waals surface area contributed by atoms with Gasteiger partial charge in [-0.3, -0.25) is 9.59 Å². The Kier molecular flexibility index (Phi) is 5.39. The number of aromatic nitrogens is 1. The third-order valence-corrected chi connectivity index (χ3v) is 6.15. The van der Waals surface area contributed by atoms with Crippen molar-refractivity contribution >= 4 is 34.3 Å². The van der Waals surface area contributed by atoms with Gasteiger partial charge in [0, 0.05) is 47.7 Å². The summed E-state index contributed by atoms with van der Waals surface area (Å²) in [5.74, 6) is -0.0786. The number of H-pyrrole nitrogens is 1. The molecule has 1 aromatic carbocycles. The van der Waals surface area contributed by atoms with Gasteiger partial charge in [-0.2, -0.15) is 0 Å². The molecule has 2 aromatic rings. The van der Waals surface area contributed by atoms with Crippen molar-refractivity contribution in [3.8, 4) is 0 Å². The van der Waals surface area contributed by atoms with Crippen LogP contribution in [0.2, 0.25) is 5.02 Å². The van der Waals surface area contributed by atoms with E-state index < -0.39 is 0 Å². The monoisotopic (exact) mass is 387 g/mol. The van der Waals surface area contributed by atoms with Gasteiger partial charge in [-0.1, -0.05) is 30.9 Å². The lowest BCUT2D eigenvalue weighted by Gasteiger charge is -2.24. The number of nitrogens with one attached hydrogen (secondary N) is 2. The lowest BCUT2D eigenvalue weighted by Crippen LogP contribution is -2.40. The number of halogens is 1. The van der Waals surface area contributed by atoms with Crippen LogP contribution in [0.5, 0.6) is 0 Å². The van der Waals surface area contributed by atoms with Gasteiger partial charge in [0.2, 0.25) is 11.8 Å². The maximum Gasteiger partial charge on any atom is 0.225 e. The number of likely N-dealkylation sites (tertiary alicyclic amines) is 1. The van der Waals surface area contributed by atoms with Crippen LogP contribution in [0.25, 0.3) is 10.9 Å². The summed E-state index contributed by atoms with van der Waals surface area (Å²) in [5.41, 5.74) is 2.20. The molecule has 2 heterocycles. The zero-order valence-electron chi connectivity index (χ0n) is 15.5. The number of benzene rings is 1. The normalized spacial score (nSPS) is 21.1. The first-order valence-corrected chi connectivity index (χ1v) is 10.3. The van der Waals surface area contributed by atoms with Crippen molar-refractivity contribution in [2.24, 2.45) is 5.92 Å². The van der Waals surface area contributed by atoms with E-state index in [1.807, 2.05) is 29.3 Å². The SMILES string of the molecule is O=C(NC1CCCCC1)[C@H]1CC(=O)N(CCc2c[nH]c3ccc(Cl)cc23)C1. The van der Waals surface area contributed by atoms with E-state index in [9.17, 15) is 9.59 Å². The van der Waals surface area contributed by atoms with E-state index in [0.29, 0.717) is 30.6 Å². The minimum atomic E-state index is -0.211. The van der Waals surface area contributed by atoms with Crippen molar-refractivity contribution in [1.82, 2.24) is 15.2 Å². The minimum absolute atomic E-state index is 0.0524. The number of carbonyl (C=O) groups excluding carboxylic acids is 2. The van der Waals surface area contributed by atoms with E-state index in [1.54, 1.807) is 0 Å². The number of nitrogens with zero attached hydrogens (tertiary/aromatic N) is 1. The zero-order valence-corrected chi connectivity index (χ0v) is 16.2. The molecule has 1 saturated heterocycles. The molecule has 27 heavy (non-hydrogen) atoms. The van der Waals surface area contributed by atoms with E-state index in [-0.39, 0.29) is 17.7 Å². The van der Waals surface area contributed by atoms with Gasteiger partial charge in [-0.25, -0.2) is 0 Å². The van der Waals surface area contributed by atoms with Crippen LogP contribution in [0.3, 0.4) is 0 Å². The van der Waals surface area contributed by atoms with Crippen LogP contribution in [0, 0.1) is 5.92 Å². The standard InChI is InChI=1S/C21H26ClN3O2/c22-16-6-7-19-18(11-16)14(12-23-19)8-9-25-13-15(10-20(25)26)21(27)24-17-4-2-1-3-5-17/h6-7,11-12,15,17,23H,1-5,8-10,13H2,(H,24,27)/t15-/m0/s1. The number of fused-ring (bicyclic) bond motifs is 1. The Bertz CT molecular complexity index is 841. The Morgan fingerprint density at radius 2 is 2.07 bits per heavy atom. The first kappa shape index (κ1) is 18.4. The summed E-state index contributed by atoms with van der Waals surface area (Å²) >= 11 is 6.11. The van der Waals surface area contributed by atoms with Crippen molar-refractivity contribution in [2.45, 2.75) is 51.0 Å². The topological polar surface area (TPSA) is 65.2 Å². The van der Waals surface area contributed by atoms with Crippen molar-refractivity contribution in [2.75, 3.05) is 13.1 Å². The van der Waals surface area contributed by atoms with Crippen LogP contribution in [0.15, 0.2) is 24.4 Å². The third kappa shape index (κ3) is 4.13. The quantitative estimate of drug-likeness (QED) is 0.822. The van der Waals surface area contributed by atoms with Crippen molar-refractivity contribution in [1.29, 1.82) is 0 Å². The molecule has 2 amide bonds. The summed E-state index contributed by atoms with van der Waals surface area (Å²) in [6.07, 6.45) is 8.85. The molecule has 1 atom stereocenters. The Labute approximate surface area is 164 Å². The molecule has 4 rings (SSSR count). The maximum absolute atomic E-state index is 12.5. The molecule has 144 valence electrons. The number of amides is 2. The summed E-state index contributed by atoms with van der Waals surface area (Å²) in [6.45, 7) is 1.16. The van der Waals surface area contributed by atoms with Crippen LogP contribution in [0.1, 0.15) is 44.1 Å². The van der Waals surface area contributed by atoms with Crippen LogP contribution in [-0.4, -0.2) is 40.8 Å². The van der Waals surface area contributed by atoms with Crippen molar-refractivity contribution < 1.29 is 9.59 Å². The molecule has 0 unspecified atom stereocenters. The second-order valence-electron chi connectivity index (χ2n) is 7.84. The molecule has 2 fully saturated rings. The molecule has 1 aromatic heterocycles. The molecular formula is C21H26ClN3O2. The smallest absolute Gasteiger partial charge is 0.225 e. The van der Waals surface area contributed by atoms with Gasteiger partial charge in [0.15, 0.2) is 0 Å². The van der Waals surface area contributed by atoms with Gasteiger partial charge in [0.25, 0.3) is 0 Å². The summed E-state index contributed by atoms with van der Waals surface area (Å²) in [6, 6.07) is 6.08. The molecule has 1 saturated carbocycles. The first-order chi connectivity index (χ1) is 13.1. The van der Waals surface area contributed by atoms with E-state index in [1.165, 1.54) is 19.3 Å². The Balaban J connectivity index is 1.33. The van der Waals surface area contributed by atoms with E-state index in [4.69, 9.17) is 11.6 Å². The second-order valence-corrected chi connectivity index (χ2v) is 8.27. The fourth-order valence-corrected chi connectivity index (χ4v) is 4.51. The summed E-state index contributed by atoms with van der Waals surface area (Å²) in [7, 11) is 0. The highest BCUT2D eigenvalue weighted by molar-refractivity contribution is 6.31. The van der Waals surface area contributed by atoms with Gasteiger partial charge in [0.1, 0.15) is 0 Å². The Morgan fingerprint density at radius 1 is 1.26 bits per heavy atom. The fourth-order valence-electron chi connectivity index (χ4n) is 4.34. The minimum Gasteiger partial charge on any atom is -0.361 e. The highest BCUT2D eigenvalue weighted by Crippen LogP contribution is 2.25. The van der Waals surface area contributed by atoms with Gasteiger partial charge in [-0.05, 0) is 43.0 Å². The number of carbonyl (C=O) groups is 2. The van der Waals surface area contributed by atoms with Gasteiger partial charge >= 0.3 is 0 Å². The third-order valence-electron chi connectivity index (χ3n) is 5.92. The van der Waals surface area contributed by atoms with Crippen LogP contribution >= 0.6 is 11.6 Å². The molecule has 0 bridgehead atoms. The van der Waals surface area contributed by atoms with E-state index in [0.717, 1.165) is 35.7 Å². The fraction of sp³-hybridized carbons (Fsp3) is 0.524. The lowest BCUT2D eigenvalue weighted by molar-refractivity contribution is -0.129. The van der Waals surface area contributed by atoms with Crippen LogP contribution < -0.4 is 5.32 Å². The highest BCUT2D eigenvalue weighted by atomic mass is 35.5. The van der Waals surface area contributed by atoms with E-state index in [2.05, 4.69) is 10.3 Å². The molecule has 6 heteroatoms. The largest absolute Gasteiger partial charge is 0.361 e. The molecule has 2 N–H and O–H groups in total. The second kappa shape index (κ2) is 7.93. The number of rotatable bonds is 5. The van der Waals surface area contributed by atoms with Gasteiger partial charge < -0.3 is 15.2 Å². The average molecular weight is 388 g/mol. The molecule has 1 aliphatic heterocycles. The first-order valence-electron chi connectivity index (χ1n) is 9.94. The molecule has 5 nitrogen and oxygen atoms in total. The molecule has 2 aliphatic rings. The van der Waals surface area contributed by atoms with Gasteiger partial charge in [-0.15, -0.1) is 0 Å². The van der Waals surface area contributed by atoms with E-state index >= 15 is 0 Å². The number of hydrogen-bond acceptors (Lipinski definition) is 2. The van der Waals surface area contributed by atoms with Gasteiger partial charge in [0.05, 0.1) is 5.92 Å². The number of aromatic amines is 1. The molecule has 0 spiro atoms. The predicted octanol–water partition coefficient (Wildman–Crippen LogP) is 3.66. The summed E-state index contributed by atoms with van der Waals surface area (Å²) < 4.78 is 0. The summed E-state index contributed by atoms with van der Waals surface area (Å²) in [5, 5.41) is 4.97. The molecular weight excluding hydrogens is 362 g/mol. The maximum atomic E-state index is 12.5. The lowest BCUT2D eigenvalue weighted by atomic mass is 9.95. The summed E-state index contributed by atoms with van der Waals surface area (Å²) in [4.78, 5) is 30.0. The molecule has 1 aliphatic carbocycles.